The molecule has 30 heavy (non-hydrogen) atoms. The molecular weight excluding hydrogens is 396 g/mol. The van der Waals surface area contributed by atoms with Gasteiger partial charge in [-0.25, -0.2) is 14.3 Å². The zero-order valence-corrected chi connectivity index (χ0v) is 17.0. The lowest BCUT2D eigenvalue weighted by molar-refractivity contribution is 0.103. The van der Waals surface area contributed by atoms with Gasteiger partial charge in [-0.1, -0.05) is 30.3 Å². The lowest BCUT2D eigenvalue weighted by atomic mass is 10.2. The molecule has 0 saturated carbocycles. The van der Waals surface area contributed by atoms with Crippen LogP contribution in [0.5, 0.6) is 0 Å². The second kappa shape index (κ2) is 7.57. The van der Waals surface area contributed by atoms with Crippen LogP contribution in [0.4, 0.5) is 5.69 Å². The Kier molecular flexibility index (Phi) is 4.61. The molecule has 3 heterocycles. The molecule has 148 valence electrons. The van der Waals surface area contributed by atoms with Crippen LogP contribution in [0, 0.1) is 6.92 Å². The molecule has 0 spiro atoms. The first-order valence-corrected chi connectivity index (χ1v) is 10.3. The molecule has 7 nitrogen and oxygen atoms in total. The Morgan fingerprint density at radius 1 is 1.10 bits per heavy atom. The number of thiophene rings is 1. The van der Waals surface area contributed by atoms with Crippen LogP contribution in [0.25, 0.3) is 15.9 Å². The van der Waals surface area contributed by atoms with Crippen LogP contribution in [0.2, 0.25) is 0 Å². The highest BCUT2D eigenvalue weighted by Crippen LogP contribution is 2.30. The normalized spacial score (nSPS) is 11.1. The van der Waals surface area contributed by atoms with Crippen LogP contribution in [0.15, 0.2) is 73.3 Å². The minimum Gasteiger partial charge on any atom is -0.321 e. The molecule has 0 saturated heterocycles. The molecule has 0 atom stereocenters. The summed E-state index contributed by atoms with van der Waals surface area (Å²) < 4.78 is 3.65. The highest BCUT2D eigenvalue weighted by molar-refractivity contribution is 7.20. The van der Waals surface area contributed by atoms with E-state index in [2.05, 4.69) is 20.5 Å². The summed E-state index contributed by atoms with van der Waals surface area (Å²) in [4.78, 5) is 18.4. The molecule has 1 amide bonds. The first kappa shape index (κ1) is 18.3. The van der Waals surface area contributed by atoms with Gasteiger partial charge in [0, 0.05) is 11.1 Å². The van der Waals surface area contributed by atoms with E-state index >= 15 is 0 Å². The van der Waals surface area contributed by atoms with Crippen molar-refractivity contribution in [3.8, 4) is 5.69 Å². The van der Waals surface area contributed by atoms with Crippen molar-refractivity contribution in [3.05, 3.63) is 89.5 Å². The average Bonchev–Trinajstić information content (AvgIpc) is 3.49. The number of hydrogen-bond acceptors (Lipinski definition) is 5. The molecule has 3 aromatic heterocycles. The molecule has 1 N–H and O–H groups in total. The molecule has 5 rings (SSSR count). The van der Waals surface area contributed by atoms with Crippen LogP contribution in [0.1, 0.15) is 20.9 Å². The van der Waals surface area contributed by atoms with Gasteiger partial charge in [0.1, 0.15) is 17.5 Å². The number of rotatable bonds is 5. The van der Waals surface area contributed by atoms with Gasteiger partial charge >= 0.3 is 0 Å². The van der Waals surface area contributed by atoms with E-state index in [0.717, 1.165) is 32.8 Å². The summed E-state index contributed by atoms with van der Waals surface area (Å²) in [6, 6.07) is 19.6. The zero-order valence-electron chi connectivity index (χ0n) is 16.2. The topological polar surface area (TPSA) is 77.6 Å². The van der Waals surface area contributed by atoms with Crippen LogP contribution in [-0.4, -0.2) is 30.5 Å². The zero-order chi connectivity index (χ0) is 20.5. The summed E-state index contributed by atoms with van der Waals surface area (Å²) in [5.74, 6) is -0.126. The van der Waals surface area contributed by atoms with Gasteiger partial charge in [0.2, 0.25) is 0 Å². The van der Waals surface area contributed by atoms with Crippen LogP contribution >= 0.6 is 11.3 Å². The molecule has 0 aliphatic heterocycles. The molecule has 0 fully saturated rings. The monoisotopic (exact) mass is 414 g/mol. The first-order valence-electron chi connectivity index (χ1n) is 9.45. The summed E-state index contributed by atoms with van der Waals surface area (Å²) >= 11 is 1.44. The number of amides is 1. The van der Waals surface area contributed by atoms with Gasteiger partial charge in [-0.3, -0.25) is 4.79 Å². The third-order valence-electron chi connectivity index (χ3n) is 4.79. The van der Waals surface area contributed by atoms with Gasteiger partial charge in [0.05, 0.1) is 22.8 Å². The van der Waals surface area contributed by atoms with Crippen molar-refractivity contribution in [2.75, 3.05) is 5.32 Å². The van der Waals surface area contributed by atoms with Gasteiger partial charge in [-0.2, -0.15) is 10.2 Å². The number of para-hydroxylation sites is 1. The van der Waals surface area contributed by atoms with Gasteiger partial charge < -0.3 is 5.32 Å². The summed E-state index contributed by atoms with van der Waals surface area (Å²) in [5.41, 5.74) is 3.72. The van der Waals surface area contributed by atoms with E-state index in [1.54, 1.807) is 11.0 Å². The predicted molar refractivity (Wildman–Crippen MR) is 117 cm³/mol. The van der Waals surface area contributed by atoms with Crippen molar-refractivity contribution in [2.24, 2.45) is 0 Å². The van der Waals surface area contributed by atoms with E-state index in [4.69, 9.17) is 0 Å². The van der Waals surface area contributed by atoms with E-state index in [-0.39, 0.29) is 5.91 Å². The standard InChI is InChI=1S/C22H18N6OS/c1-15-19-11-20(30-22(19)28(26-15)18-5-3-2-4-6-18)21(29)25-17-9-7-16(8-10-17)12-27-14-23-13-24-27/h2-11,13-14H,12H2,1H3,(H,25,29). The molecule has 5 aromatic rings. The molecule has 2 aromatic carbocycles. The number of carbonyl (C=O) groups is 1. The Hall–Kier alpha value is -3.78. The summed E-state index contributed by atoms with van der Waals surface area (Å²) in [6.45, 7) is 2.60. The first-order chi connectivity index (χ1) is 14.7. The van der Waals surface area contributed by atoms with Crippen molar-refractivity contribution < 1.29 is 4.79 Å². The fraction of sp³-hybridized carbons (Fsp3) is 0.0909. The largest absolute Gasteiger partial charge is 0.321 e. The minimum atomic E-state index is -0.126. The molecule has 0 aliphatic rings. The van der Waals surface area contributed by atoms with Crippen LogP contribution in [-0.2, 0) is 6.54 Å². The highest BCUT2D eigenvalue weighted by Gasteiger charge is 2.17. The van der Waals surface area contributed by atoms with Crippen LogP contribution < -0.4 is 5.32 Å². The Bertz CT molecular complexity index is 1300. The van der Waals surface area contributed by atoms with E-state index in [1.807, 2.05) is 72.3 Å². The third-order valence-corrected chi connectivity index (χ3v) is 5.90. The number of aromatic nitrogens is 5. The maximum absolute atomic E-state index is 12.8. The van der Waals surface area contributed by atoms with E-state index in [0.29, 0.717) is 11.4 Å². The smallest absolute Gasteiger partial charge is 0.265 e. The number of carbonyl (C=O) groups excluding carboxylic acids is 1. The van der Waals surface area contributed by atoms with E-state index in [9.17, 15) is 4.79 Å². The number of benzene rings is 2. The molecule has 0 radical (unpaired) electrons. The lowest BCUT2D eigenvalue weighted by Gasteiger charge is -2.06. The average molecular weight is 414 g/mol. The maximum atomic E-state index is 12.8. The number of aryl methyl sites for hydroxylation is 1. The fourth-order valence-electron chi connectivity index (χ4n) is 3.29. The third kappa shape index (κ3) is 3.48. The van der Waals surface area contributed by atoms with E-state index in [1.165, 1.54) is 17.7 Å². The van der Waals surface area contributed by atoms with Crippen molar-refractivity contribution in [3.63, 3.8) is 0 Å². The summed E-state index contributed by atoms with van der Waals surface area (Å²) in [6.07, 6.45) is 3.19. The van der Waals surface area contributed by atoms with Gasteiger partial charge in [-0.15, -0.1) is 11.3 Å². The minimum absolute atomic E-state index is 0.126. The molecular formula is C22H18N6OS. The second-order valence-electron chi connectivity index (χ2n) is 6.91. The second-order valence-corrected chi connectivity index (χ2v) is 7.94. The number of fused-ring (bicyclic) bond motifs is 1. The van der Waals surface area contributed by atoms with Crippen molar-refractivity contribution in [2.45, 2.75) is 13.5 Å². The maximum Gasteiger partial charge on any atom is 0.265 e. The number of anilines is 1. The SMILES string of the molecule is Cc1nn(-c2ccccc2)c2sc(C(=O)Nc3ccc(Cn4cncn4)cc3)cc12. The molecule has 8 heteroatoms. The van der Waals surface area contributed by atoms with Crippen molar-refractivity contribution in [1.29, 1.82) is 0 Å². The fourth-order valence-corrected chi connectivity index (χ4v) is 4.37. The summed E-state index contributed by atoms with van der Waals surface area (Å²) in [7, 11) is 0. The Balaban J connectivity index is 1.36. The number of nitrogens with one attached hydrogen (secondary N) is 1. The van der Waals surface area contributed by atoms with Crippen molar-refractivity contribution >= 4 is 33.1 Å². The van der Waals surface area contributed by atoms with Gasteiger partial charge in [0.15, 0.2) is 0 Å². The molecule has 0 bridgehead atoms. The van der Waals surface area contributed by atoms with E-state index < -0.39 is 0 Å². The Morgan fingerprint density at radius 2 is 1.90 bits per heavy atom. The highest BCUT2D eigenvalue weighted by atomic mass is 32.1. The molecule has 0 unspecified atom stereocenters. The Labute approximate surface area is 176 Å². The molecule has 0 aliphatic carbocycles. The lowest BCUT2D eigenvalue weighted by Crippen LogP contribution is -2.10. The van der Waals surface area contributed by atoms with Crippen molar-refractivity contribution in [1.82, 2.24) is 24.5 Å². The Morgan fingerprint density at radius 3 is 2.63 bits per heavy atom. The quantitative estimate of drug-likeness (QED) is 0.465. The van der Waals surface area contributed by atoms with Crippen LogP contribution in [0.3, 0.4) is 0 Å². The van der Waals surface area contributed by atoms with Gasteiger partial charge in [0.25, 0.3) is 5.91 Å². The summed E-state index contributed by atoms with van der Waals surface area (Å²) in [5, 5.41) is 12.7. The van der Waals surface area contributed by atoms with Gasteiger partial charge in [-0.05, 0) is 42.8 Å². The number of nitrogens with zero attached hydrogens (tertiary/aromatic N) is 5. The number of hydrogen-bond donors (Lipinski definition) is 1. The predicted octanol–water partition coefficient (Wildman–Crippen LogP) is 4.29.